The van der Waals surface area contributed by atoms with Crippen LogP contribution in [0.15, 0.2) is 39.5 Å². The van der Waals surface area contributed by atoms with Gasteiger partial charge >= 0.3 is 18.0 Å². The molecule has 2 rings (SSSR count). The number of fused-ring (bicyclic) bond motifs is 1. The van der Waals surface area contributed by atoms with E-state index < -0.39 is 28.5 Å². The summed E-state index contributed by atoms with van der Waals surface area (Å²) in [5, 5.41) is 0.243. The summed E-state index contributed by atoms with van der Waals surface area (Å²) in [5.74, 6) is 0. The first-order chi connectivity index (χ1) is 8.80. The number of benzene rings is 1. The van der Waals surface area contributed by atoms with E-state index in [0.29, 0.717) is 0 Å². The van der Waals surface area contributed by atoms with Gasteiger partial charge in [0, 0.05) is 5.39 Å². The first-order valence-corrected chi connectivity index (χ1v) is 5.00. The average Bonchev–Trinajstić information content (AvgIpc) is 2.27. The van der Waals surface area contributed by atoms with Crippen molar-refractivity contribution in [2.45, 2.75) is 6.30 Å². The van der Waals surface area contributed by atoms with Crippen LogP contribution in [0.4, 0.5) is 23.7 Å². The Labute approximate surface area is 104 Å². The molecule has 2 aromatic rings. The number of hydrogen-bond donors (Lipinski definition) is 1. The molecule has 1 heterocycles. The number of rotatable bonds is 1. The lowest BCUT2D eigenvalue weighted by Gasteiger charge is -2.21. The molecular weight excluding hydrogens is 265 g/mol. The molecule has 0 radical (unpaired) electrons. The van der Waals surface area contributed by atoms with Crippen molar-refractivity contribution in [3.63, 3.8) is 0 Å². The zero-order valence-electron chi connectivity index (χ0n) is 9.27. The summed E-state index contributed by atoms with van der Waals surface area (Å²) in [4.78, 5) is 21.6. The highest BCUT2D eigenvalue weighted by atomic mass is 19.4. The van der Waals surface area contributed by atoms with Crippen molar-refractivity contribution in [2.24, 2.45) is 5.73 Å². The number of anilines is 1. The summed E-state index contributed by atoms with van der Waals surface area (Å²) in [6.07, 6.45) is -5.11. The Morgan fingerprint density at radius 3 is 2.47 bits per heavy atom. The molecule has 100 valence electrons. The Morgan fingerprint density at radius 2 is 1.89 bits per heavy atom. The third-order valence-electron chi connectivity index (χ3n) is 2.34. The van der Waals surface area contributed by atoms with Gasteiger partial charge in [-0.25, -0.2) is 9.59 Å². The number of nitrogens with two attached hydrogens (primary N) is 1. The van der Waals surface area contributed by atoms with E-state index in [1.54, 1.807) is 12.1 Å². The van der Waals surface area contributed by atoms with E-state index in [1.165, 1.54) is 12.1 Å². The van der Waals surface area contributed by atoms with Crippen molar-refractivity contribution in [3.8, 4) is 0 Å². The second-order valence-electron chi connectivity index (χ2n) is 3.60. The molecular formula is C11H7F3N2O3. The first-order valence-electron chi connectivity index (χ1n) is 5.00. The Kier molecular flexibility index (Phi) is 2.93. The van der Waals surface area contributed by atoms with Crippen LogP contribution >= 0.6 is 0 Å². The lowest BCUT2D eigenvalue weighted by Crippen LogP contribution is -2.48. The van der Waals surface area contributed by atoms with Crippen LogP contribution in [-0.2, 0) is 0 Å². The van der Waals surface area contributed by atoms with Crippen molar-refractivity contribution < 1.29 is 22.4 Å². The van der Waals surface area contributed by atoms with Gasteiger partial charge in [-0.05, 0) is 12.1 Å². The number of carbonyl (C=O) groups excluding carboxylic acids is 1. The Bertz CT molecular complexity index is 693. The molecule has 0 atom stereocenters. The van der Waals surface area contributed by atoms with E-state index in [4.69, 9.17) is 4.42 Å². The van der Waals surface area contributed by atoms with Gasteiger partial charge in [0.05, 0.1) is 0 Å². The number of para-hydroxylation sites is 1. The number of halogens is 3. The Hall–Kier alpha value is -2.51. The summed E-state index contributed by atoms with van der Waals surface area (Å²) in [7, 11) is 0. The molecule has 1 aromatic carbocycles. The highest BCUT2D eigenvalue weighted by Gasteiger charge is 2.43. The molecule has 5 nitrogen and oxygen atoms in total. The molecule has 0 fully saturated rings. The SMILES string of the molecule is NC(=O)N(c1cc2ccccc2oc1=O)C(F)(F)F. The predicted octanol–water partition coefficient (Wildman–Crippen LogP) is 2.20. The number of primary amides is 1. The van der Waals surface area contributed by atoms with E-state index >= 15 is 0 Å². The summed E-state index contributed by atoms with van der Waals surface area (Å²) in [6.45, 7) is 0. The molecule has 19 heavy (non-hydrogen) atoms. The van der Waals surface area contributed by atoms with Gasteiger partial charge in [-0.2, -0.15) is 4.90 Å². The number of amides is 2. The molecule has 0 aliphatic rings. The van der Waals surface area contributed by atoms with Crippen LogP contribution in [-0.4, -0.2) is 12.3 Å². The molecule has 2 amide bonds. The smallest absolute Gasteiger partial charge is 0.421 e. The topological polar surface area (TPSA) is 76.5 Å². The zero-order chi connectivity index (χ0) is 14.2. The normalized spacial score (nSPS) is 11.5. The van der Waals surface area contributed by atoms with Crippen LogP contribution < -0.4 is 16.3 Å². The van der Waals surface area contributed by atoms with Crippen LogP contribution in [0, 0.1) is 0 Å². The highest BCUT2D eigenvalue weighted by Crippen LogP contribution is 2.27. The van der Waals surface area contributed by atoms with E-state index in [0.717, 1.165) is 6.07 Å². The summed E-state index contributed by atoms with van der Waals surface area (Å²) in [6, 6.07) is 5.06. The van der Waals surface area contributed by atoms with E-state index in [2.05, 4.69) is 5.73 Å². The number of hydrogen-bond acceptors (Lipinski definition) is 3. The van der Waals surface area contributed by atoms with Gasteiger partial charge in [0.2, 0.25) is 0 Å². The first kappa shape index (κ1) is 12.9. The van der Waals surface area contributed by atoms with Crippen molar-refractivity contribution in [3.05, 3.63) is 40.8 Å². The molecule has 8 heteroatoms. The van der Waals surface area contributed by atoms with Crippen molar-refractivity contribution in [2.75, 3.05) is 4.90 Å². The van der Waals surface area contributed by atoms with Crippen LogP contribution in [0.2, 0.25) is 0 Å². The van der Waals surface area contributed by atoms with Crippen LogP contribution in [0.3, 0.4) is 0 Å². The van der Waals surface area contributed by atoms with Gasteiger partial charge in [-0.3, -0.25) is 0 Å². The highest BCUT2D eigenvalue weighted by molar-refractivity contribution is 5.93. The second-order valence-corrected chi connectivity index (χ2v) is 3.60. The maximum absolute atomic E-state index is 12.7. The third kappa shape index (κ3) is 2.37. The van der Waals surface area contributed by atoms with Gasteiger partial charge in [-0.15, -0.1) is 13.2 Å². The Morgan fingerprint density at radius 1 is 1.26 bits per heavy atom. The Balaban J connectivity index is 2.70. The molecule has 0 aliphatic heterocycles. The number of carbonyl (C=O) groups is 1. The van der Waals surface area contributed by atoms with E-state index in [9.17, 15) is 22.8 Å². The van der Waals surface area contributed by atoms with Gasteiger partial charge in [0.25, 0.3) is 0 Å². The number of urea groups is 1. The standard InChI is InChI=1S/C11H7F3N2O3/c12-11(13,14)16(10(15)18)7-5-6-3-1-2-4-8(6)19-9(7)17/h1-5H,(H2,15,18). The largest absolute Gasteiger partial charge is 0.493 e. The molecule has 0 unspecified atom stereocenters. The molecule has 0 saturated heterocycles. The minimum absolute atomic E-state index is 0.114. The quantitative estimate of drug-likeness (QED) is 0.638. The molecule has 0 spiro atoms. The number of alkyl halides is 3. The molecule has 1 aromatic heterocycles. The van der Waals surface area contributed by atoms with Gasteiger partial charge in [0.15, 0.2) is 0 Å². The fraction of sp³-hybridized carbons (Fsp3) is 0.0909. The molecule has 2 N–H and O–H groups in total. The fourth-order valence-electron chi connectivity index (χ4n) is 1.59. The van der Waals surface area contributed by atoms with Gasteiger partial charge in [-0.1, -0.05) is 18.2 Å². The minimum Gasteiger partial charge on any atom is -0.421 e. The van der Waals surface area contributed by atoms with Crippen LogP contribution in [0.25, 0.3) is 11.0 Å². The van der Waals surface area contributed by atoms with Crippen molar-refractivity contribution >= 4 is 22.7 Å². The van der Waals surface area contributed by atoms with Crippen LogP contribution in [0.1, 0.15) is 0 Å². The zero-order valence-corrected chi connectivity index (χ0v) is 9.27. The molecule has 0 saturated carbocycles. The monoisotopic (exact) mass is 272 g/mol. The third-order valence-corrected chi connectivity index (χ3v) is 2.34. The molecule has 0 bridgehead atoms. The van der Waals surface area contributed by atoms with Crippen molar-refractivity contribution in [1.82, 2.24) is 0 Å². The van der Waals surface area contributed by atoms with Gasteiger partial charge < -0.3 is 10.2 Å². The minimum atomic E-state index is -5.11. The fourth-order valence-corrected chi connectivity index (χ4v) is 1.59. The summed E-state index contributed by atoms with van der Waals surface area (Å²) in [5.41, 5.74) is 2.50. The van der Waals surface area contributed by atoms with Crippen molar-refractivity contribution in [1.29, 1.82) is 0 Å². The maximum atomic E-state index is 12.7. The van der Waals surface area contributed by atoms with E-state index in [1.807, 2.05) is 0 Å². The average molecular weight is 272 g/mol. The lowest BCUT2D eigenvalue weighted by molar-refractivity contribution is -0.121. The van der Waals surface area contributed by atoms with E-state index in [-0.39, 0.29) is 11.0 Å². The predicted molar refractivity (Wildman–Crippen MR) is 60.6 cm³/mol. The molecule has 0 aliphatic carbocycles. The van der Waals surface area contributed by atoms with Gasteiger partial charge in [0.1, 0.15) is 11.3 Å². The lowest BCUT2D eigenvalue weighted by atomic mass is 10.2. The second kappa shape index (κ2) is 4.30. The summed E-state index contributed by atoms with van der Waals surface area (Å²) >= 11 is 0. The number of nitrogens with zero attached hydrogens (tertiary/aromatic N) is 1. The summed E-state index contributed by atoms with van der Waals surface area (Å²) < 4.78 is 42.8. The van der Waals surface area contributed by atoms with Crippen LogP contribution in [0.5, 0.6) is 0 Å². The maximum Gasteiger partial charge on any atom is 0.493 e.